The largest absolute Gasteiger partial charge is 0.465 e. The fraction of sp³-hybridized carbons (Fsp3) is 0.407. The second-order valence-electron chi connectivity index (χ2n) is 10.6. The van der Waals surface area contributed by atoms with E-state index < -0.39 is 41.8 Å². The Kier molecular flexibility index (Phi) is 8.75. The summed E-state index contributed by atoms with van der Waals surface area (Å²) in [5.74, 6) is -2.31. The number of piperazine rings is 1. The van der Waals surface area contributed by atoms with Crippen LogP contribution in [-0.4, -0.2) is 114 Å². The highest BCUT2D eigenvalue weighted by Crippen LogP contribution is 2.35. The first-order chi connectivity index (χ1) is 21.3. The molecule has 4 N–H and O–H groups in total. The molecule has 240 valence electrons. The number of aliphatic hydroxyl groups is 1. The third-order valence-corrected chi connectivity index (χ3v) is 8.19. The molecule has 2 aromatic heterocycles. The SMILES string of the molecule is Cn1c(-c2c[nH]nc2C(F)(F)F)cnc1C(=O)Nc1ccc(C(=O)N2CCN(C(=O)[C@@H]3CCN(C(=O)O)C[C@H]3O)CC2)c(Cl)c1. The average molecular weight is 653 g/mol. The molecule has 18 heteroatoms. The van der Waals surface area contributed by atoms with Crippen LogP contribution >= 0.6 is 11.6 Å². The molecular weight excluding hydrogens is 625 g/mol. The van der Waals surface area contributed by atoms with E-state index in [9.17, 15) is 37.5 Å². The fourth-order valence-corrected chi connectivity index (χ4v) is 5.71. The maximum atomic E-state index is 13.3. The highest BCUT2D eigenvalue weighted by Gasteiger charge is 2.39. The molecule has 0 unspecified atom stereocenters. The molecule has 1 aromatic carbocycles. The minimum absolute atomic E-state index is 0.0155. The van der Waals surface area contributed by atoms with Gasteiger partial charge in [-0.15, -0.1) is 0 Å². The summed E-state index contributed by atoms with van der Waals surface area (Å²) in [5.41, 5.74) is -1.03. The van der Waals surface area contributed by atoms with E-state index in [4.69, 9.17) is 16.7 Å². The van der Waals surface area contributed by atoms with Gasteiger partial charge in [-0.2, -0.15) is 18.3 Å². The number of β-amino-alcohol motifs (C(OH)–C–C–N with tert-alkyl or cyclic N) is 1. The van der Waals surface area contributed by atoms with E-state index in [1.54, 1.807) is 4.90 Å². The zero-order valence-electron chi connectivity index (χ0n) is 23.7. The summed E-state index contributed by atoms with van der Waals surface area (Å²) >= 11 is 6.39. The Morgan fingerprint density at radius 2 is 1.76 bits per heavy atom. The summed E-state index contributed by atoms with van der Waals surface area (Å²) in [6.07, 6.45) is -4.59. The number of aromatic amines is 1. The molecule has 0 radical (unpaired) electrons. The summed E-state index contributed by atoms with van der Waals surface area (Å²) in [5, 5.41) is 27.5. The number of benzene rings is 1. The van der Waals surface area contributed by atoms with Crippen LogP contribution in [0.1, 0.15) is 33.1 Å². The lowest BCUT2D eigenvalue weighted by Crippen LogP contribution is -2.56. The van der Waals surface area contributed by atoms with Crippen molar-refractivity contribution in [2.75, 3.05) is 44.6 Å². The number of imidazole rings is 1. The molecule has 2 aliphatic rings. The molecule has 5 rings (SSSR count). The van der Waals surface area contributed by atoms with Gasteiger partial charge in [-0.3, -0.25) is 19.5 Å². The van der Waals surface area contributed by atoms with Crippen molar-refractivity contribution in [3.8, 4) is 11.3 Å². The number of amides is 4. The Labute approximate surface area is 258 Å². The Hall–Kier alpha value is -4.64. The Morgan fingerprint density at radius 3 is 2.38 bits per heavy atom. The Balaban J connectivity index is 1.19. The van der Waals surface area contributed by atoms with Gasteiger partial charge in [0.1, 0.15) is 0 Å². The van der Waals surface area contributed by atoms with Gasteiger partial charge in [-0.05, 0) is 24.6 Å². The molecule has 0 bridgehead atoms. The van der Waals surface area contributed by atoms with Crippen molar-refractivity contribution in [1.82, 2.24) is 34.4 Å². The van der Waals surface area contributed by atoms with Crippen LogP contribution in [0.4, 0.5) is 23.7 Å². The minimum atomic E-state index is -4.71. The number of alkyl halides is 3. The van der Waals surface area contributed by atoms with E-state index >= 15 is 0 Å². The number of nitrogens with one attached hydrogen (secondary N) is 2. The maximum absolute atomic E-state index is 13.3. The van der Waals surface area contributed by atoms with E-state index in [0.717, 1.165) is 17.3 Å². The van der Waals surface area contributed by atoms with Crippen LogP contribution in [0.25, 0.3) is 11.3 Å². The molecule has 3 aromatic rings. The van der Waals surface area contributed by atoms with Crippen molar-refractivity contribution in [3.63, 3.8) is 0 Å². The quantitative estimate of drug-likeness (QED) is 0.325. The number of carboxylic acid groups (broad SMARTS) is 1. The molecule has 45 heavy (non-hydrogen) atoms. The number of piperidine rings is 1. The number of hydrogen-bond donors (Lipinski definition) is 4. The molecule has 2 fully saturated rings. The van der Waals surface area contributed by atoms with Crippen LogP contribution in [0.5, 0.6) is 0 Å². The molecule has 4 amide bonds. The number of carbonyl (C=O) groups excluding carboxylic acids is 3. The monoisotopic (exact) mass is 652 g/mol. The summed E-state index contributed by atoms with van der Waals surface area (Å²) < 4.78 is 41.1. The number of H-pyrrole nitrogens is 1. The van der Waals surface area contributed by atoms with Gasteiger partial charge in [0.15, 0.2) is 11.5 Å². The van der Waals surface area contributed by atoms with Crippen LogP contribution in [0.15, 0.2) is 30.6 Å². The lowest BCUT2D eigenvalue weighted by Gasteiger charge is -2.39. The van der Waals surface area contributed by atoms with Gasteiger partial charge in [0.25, 0.3) is 11.8 Å². The molecular formula is C27H28ClF3N8O6. The van der Waals surface area contributed by atoms with Crippen LogP contribution in [0.2, 0.25) is 5.02 Å². The molecule has 2 atom stereocenters. The summed E-state index contributed by atoms with van der Waals surface area (Å²) in [6.45, 7) is 0.854. The van der Waals surface area contributed by atoms with E-state index in [2.05, 4.69) is 20.5 Å². The van der Waals surface area contributed by atoms with Gasteiger partial charge in [0.2, 0.25) is 5.91 Å². The fourth-order valence-electron chi connectivity index (χ4n) is 5.45. The average Bonchev–Trinajstić information content (AvgIpc) is 3.63. The number of aliphatic hydroxyl groups excluding tert-OH is 1. The third kappa shape index (κ3) is 6.44. The van der Waals surface area contributed by atoms with E-state index in [1.807, 2.05) is 0 Å². The van der Waals surface area contributed by atoms with Crippen molar-refractivity contribution >= 4 is 41.1 Å². The zero-order chi connectivity index (χ0) is 32.6. The predicted molar refractivity (Wildman–Crippen MR) is 151 cm³/mol. The highest BCUT2D eigenvalue weighted by molar-refractivity contribution is 6.34. The van der Waals surface area contributed by atoms with Gasteiger partial charge >= 0.3 is 12.3 Å². The first-order valence-electron chi connectivity index (χ1n) is 13.7. The lowest BCUT2D eigenvalue weighted by molar-refractivity contribution is -0.143. The van der Waals surface area contributed by atoms with Crippen LogP contribution < -0.4 is 5.32 Å². The second-order valence-corrected chi connectivity index (χ2v) is 11.0. The van der Waals surface area contributed by atoms with Gasteiger partial charge in [0, 0.05) is 51.7 Å². The first-order valence-corrected chi connectivity index (χ1v) is 14.1. The zero-order valence-corrected chi connectivity index (χ0v) is 24.5. The van der Waals surface area contributed by atoms with Gasteiger partial charge in [-0.25, -0.2) is 9.78 Å². The smallest absolute Gasteiger partial charge is 0.435 e. The lowest BCUT2D eigenvalue weighted by atomic mass is 9.92. The standard InChI is InChI=1S/C27H28ClF3N8O6/c1-36-19(17-11-33-35-21(17)27(29,30)31)12-32-22(36)23(41)34-14-2-3-15(18(28)10-14)24(42)37-6-8-38(9-7-37)25(43)16-4-5-39(26(44)45)13-20(16)40/h2-3,10-12,16,20,40H,4-9,13H2,1H3,(H,33,35)(H,34,41)(H,44,45)/t16-,20-/m1/s1. The number of likely N-dealkylation sites (tertiary alicyclic amines) is 1. The maximum Gasteiger partial charge on any atom is 0.435 e. The molecule has 0 aliphatic carbocycles. The predicted octanol–water partition coefficient (Wildman–Crippen LogP) is 2.38. The number of halogens is 4. The molecule has 0 spiro atoms. The van der Waals surface area contributed by atoms with E-state index in [0.29, 0.717) is 0 Å². The van der Waals surface area contributed by atoms with Gasteiger partial charge < -0.3 is 34.8 Å². The van der Waals surface area contributed by atoms with Gasteiger partial charge in [0.05, 0.1) is 46.6 Å². The van der Waals surface area contributed by atoms with Crippen LogP contribution in [0.3, 0.4) is 0 Å². The topological polar surface area (TPSA) is 177 Å². The van der Waals surface area contributed by atoms with Crippen molar-refractivity contribution in [1.29, 1.82) is 0 Å². The number of nitrogens with zero attached hydrogens (tertiary/aromatic N) is 6. The van der Waals surface area contributed by atoms with Gasteiger partial charge in [-0.1, -0.05) is 11.6 Å². The molecule has 2 aliphatic heterocycles. The number of carbonyl (C=O) groups is 4. The van der Waals surface area contributed by atoms with Crippen LogP contribution in [-0.2, 0) is 18.0 Å². The summed E-state index contributed by atoms with van der Waals surface area (Å²) in [4.78, 5) is 58.4. The van der Waals surface area contributed by atoms with Crippen molar-refractivity contribution in [2.45, 2.75) is 18.7 Å². The normalized spacial score (nSPS) is 19.0. The second kappa shape index (κ2) is 12.4. The number of anilines is 1. The highest BCUT2D eigenvalue weighted by atomic mass is 35.5. The Morgan fingerprint density at radius 1 is 1.07 bits per heavy atom. The first kappa shape index (κ1) is 31.8. The van der Waals surface area contributed by atoms with Crippen molar-refractivity contribution in [2.24, 2.45) is 13.0 Å². The van der Waals surface area contributed by atoms with E-state index in [1.165, 1.54) is 34.7 Å². The van der Waals surface area contributed by atoms with E-state index in [-0.39, 0.29) is 85.0 Å². The molecule has 14 nitrogen and oxygen atoms in total. The number of hydrogen-bond acceptors (Lipinski definition) is 7. The van der Waals surface area contributed by atoms with Crippen LogP contribution in [0, 0.1) is 5.92 Å². The molecule has 2 saturated heterocycles. The molecule has 0 saturated carbocycles. The minimum Gasteiger partial charge on any atom is -0.465 e. The Bertz CT molecular complexity index is 1630. The summed E-state index contributed by atoms with van der Waals surface area (Å²) in [7, 11) is 1.39. The number of aromatic nitrogens is 4. The van der Waals surface area contributed by atoms with Crippen molar-refractivity contribution in [3.05, 3.63) is 52.7 Å². The molecule has 4 heterocycles. The summed E-state index contributed by atoms with van der Waals surface area (Å²) in [6, 6.07) is 4.23. The van der Waals surface area contributed by atoms with Crippen molar-refractivity contribution < 1.29 is 42.6 Å². The third-order valence-electron chi connectivity index (χ3n) is 7.88. The number of rotatable bonds is 5.